The van der Waals surface area contributed by atoms with Crippen LogP contribution >= 0.6 is 0 Å². The normalized spacial score (nSPS) is 41.4. The first kappa shape index (κ1) is 8.07. The molecule has 0 radical (unpaired) electrons. The van der Waals surface area contributed by atoms with E-state index in [1.807, 2.05) is 0 Å². The minimum atomic E-state index is 0.202. The van der Waals surface area contributed by atoms with E-state index in [1.54, 1.807) is 0 Å². The SMILES string of the molecule is N#CC1CCC2(CCCO2)CC1. The van der Waals surface area contributed by atoms with E-state index in [2.05, 4.69) is 6.07 Å². The molecule has 0 amide bonds. The Bertz CT molecular complexity index is 190. The minimum absolute atomic E-state index is 0.202. The third-order valence-corrected chi connectivity index (χ3v) is 3.26. The molecule has 1 spiro atoms. The van der Waals surface area contributed by atoms with Crippen LogP contribution in [0.1, 0.15) is 38.5 Å². The average Bonchev–Trinajstić information content (AvgIpc) is 2.55. The molecule has 0 aromatic rings. The van der Waals surface area contributed by atoms with Crippen molar-refractivity contribution in [2.45, 2.75) is 44.1 Å². The van der Waals surface area contributed by atoms with E-state index < -0.39 is 0 Å². The first-order chi connectivity index (χ1) is 5.85. The molecular weight excluding hydrogens is 150 g/mol. The Morgan fingerprint density at radius 1 is 1.25 bits per heavy atom. The Hall–Kier alpha value is -0.550. The molecule has 0 bridgehead atoms. The van der Waals surface area contributed by atoms with E-state index in [0.717, 1.165) is 32.3 Å². The Labute approximate surface area is 73.5 Å². The van der Waals surface area contributed by atoms with Crippen LogP contribution in [0.25, 0.3) is 0 Å². The number of nitriles is 1. The zero-order valence-electron chi connectivity index (χ0n) is 7.38. The highest BCUT2D eigenvalue weighted by Crippen LogP contribution is 2.40. The third kappa shape index (κ3) is 1.34. The molecule has 66 valence electrons. The van der Waals surface area contributed by atoms with Crippen molar-refractivity contribution in [1.29, 1.82) is 5.26 Å². The lowest BCUT2D eigenvalue weighted by Gasteiger charge is -2.34. The van der Waals surface area contributed by atoms with Crippen molar-refractivity contribution >= 4 is 0 Å². The van der Waals surface area contributed by atoms with Gasteiger partial charge in [0, 0.05) is 12.5 Å². The average molecular weight is 165 g/mol. The fraction of sp³-hybridized carbons (Fsp3) is 0.900. The van der Waals surface area contributed by atoms with Gasteiger partial charge in [0.25, 0.3) is 0 Å². The lowest BCUT2D eigenvalue weighted by Crippen LogP contribution is -2.32. The quantitative estimate of drug-likeness (QED) is 0.551. The summed E-state index contributed by atoms with van der Waals surface area (Å²) in [5, 5.41) is 8.73. The standard InChI is InChI=1S/C10H15NO/c11-8-9-2-5-10(6-3-9)4-1-7-12-10/h9H,1-7H2. The molecule has 1 saturated heterocycles. The molecule has 1 saturated carbocycles. The highest BCUT2D eigenvalue weighted by molar-refractivity contribution is 4.95. The fourth-order valence-corrected chi connectivity index (χ4v) is 2.42. The number of nitrogens with zero attached hydrogens (tertiary/aromatic N) is 1. The van der Waals surface area contributed by atoms with Gasteiger partial charge in [0.05, 0.1) is 11.7 Å². The molecule has 12 heavy (non-hydrogen) atoms. The molecule has 1 aliphatic heterocycles. The maximum absolute atomic E-state index is 8.73. The van der Waals surface area contributed by atoms with E-state index >= 15 is 0 Å². The molecule has 2 aliphatic rings. The zero-order chi connectivity index (χ0) is 8.44. The topological polar surface area (TPSA) is 33.0 Å². The summed E-state index contributed by atoms with van der Waals surface area (Å²) in [5.41, 5.74) is 0.202. The monoisotopic (exact) mass is 165 g/mol. The summed E-state index contributed by atoms with van der Waals surface area (Å²) in [6, 6.07) is 2.35. The maximum Gasteiger partial charge on any atom is 0.0684 e. The largest absolute Gasteiger partial charge is 0.375 e. The predicted octanol–water partition coefficient (Wildman–Crippen LogP) is 2.25. The zero-order valence-corrected chi connectivity index (χ0v) is 7.38. The Morgan fingerprint density at radius 3 is 2.50 bits per heavy atom. The van der Waals surface area contributed by atoms with Gasteiger partial charge in [0.2, 0.25) is 0 Å². The summed E-state index contributed by atoms with van der Waals surface area (Å²) >= 11 is 0. The fourth-order valence-electron chi connectivity index (χ4n) is 2.42. The van der Waals surface area contributed by atoms with Gasteiger partial charge in [-0.25, -0.2) is 0 Å². The highest BCUT2D eigenvalue weighted by atomic mass is 16.5. The van der Waals surface area contributed by atoms with Crippen LogP contribution in [0, 0.1) is 17.2 Å². The number of hydrogen-bond donors (Lipinski definition) is 0. The predicted molar refractivity (Wildman–Crippen MR) is 45.5 cm³/mol. The minimum Gasteiger partial charge on any atom is -0.375 e. The second-order valence-electron chi connectivity index (χ2n) is 4.04. The maximum atomic E-state index is 8.73. The molecule has 0 aromatic carbocycles. The van der Waals surface area contributed by atoms with Crippen molar-refractivity contribution in [3.63, 3.8) is 0 Å². The smallest absolute Gasteiger partial charge is 0.0684 e. The molecule has 1 aliphatic carbocycles. The van der Waals surface area contributed by atoms with Crippen molar-refractivity contribution < 1.29 is 4.74 Å². The summed E-state index contributed by atoms with van der Waals surface area (Å²) in [6.07, 6.45) is 6.78. The molecule has 0 unspecified atom stereocenters. The van der Waals surface area contributed by atoms with Crippen LogP contribution in [0.4, 0.5) is 0 Å². The van der Waals surface area contributed by atoms with Crippen molar-refractivity contribution in [2.24, 2.45) is 5.92 Å². The molecule has 2 fully saturated rings. The van der Waals surface area contributed by atoms with Gasteiger partial charge in [-0.15, -0.1) is 0 Å². The molecule has 0 aromatic heterocycles. The Kier molecular flexibility index (Phi) is 2.06. The van der Waals surface area contributed by atoms with Gasteiger partial charge in [0.1, 0.15) is 0 Å². The van der Waals surface area contributed by atoms with Crippen LogP contribution in [0.15, 0.2) is 0 Å². The third-order valence-electron chi connectivity index (χ3n) is 3.26. The second-order valence-corrected chi connectivity index (χ2v) is 4.04. The molecule has 2 heteroatoms. The van der Waals surface area contributed by atoms with Gasteiger partial charge in [-0.1, -0.05) is 0 Å². The second kappa shape index (κ2) is 3.06. The van der Waals surface area contributed by atoms with E-state index in [9.17, 15) is 0 Å². The summed E-state index contributed by atoms with van der Waals surface area (Å²) in [5.74, 6) is 0.305. The summed E-state index contributed by atoms with van der Waals surface area (Å²) in [7, 11) is 0. The van der Waals surface area contributed by atoms with Gasteiger partial charge in [-0.05, 0) is 38.5 Å². The molecule has 0 N–H and O–H groups in total. The first-order valence-electron chi connectivity index (χ1n) is 4.88. The molecular formula is C10H15NO. The number of hydrogen-bond acceptors (Lipinski definition) is 2. The van der Waals surface area contributed by atoms with Crippen LogP contribution in [0.5, 0.6) is 0 Å². The van der Waals surface area contributed by atoms with E-state index in [0.29, 0.717) is 5.92 Å². The van der Waals surface area contributed by atoms with Crippen molar-refractivity contribution in [1.82, 2.24) is 0 Å². The van der Waals surface area contributed by atoms with Gasteiger partial charge in [0.15, 0.2) is 0 Å². The van der Waals surface area contributed by atoms with Crippen LogP contribution in [0.2, 0.25) is 0 Å². The van der Waals surface area contributed by atoms with E-state index in [-0.39, 0.29) is 5.60 Å². The van der Waals surface area contributed by atoms with Crippen molar-refractivity contribution in [3.05, 3.63) is 0 Å². The summed E-state index contributed by atoms with van der Waals surface area (Å²) < 4.78 is 5.76. The first-order valence-corrected chi connectivity index (χ1v) is 4.88. The lowest BCUT2D eigenvalue weighted by atomic mass is 9.78. The van der Waals surface area contributed by atoms with Gasteiger partial charge in [-0.2, -0.15) is 5.26 Å². The Morgan fingerprint density at radius 2 is 2.00 bits per heavy atom. The molecule has 2 rings (SSSR count). The summed E-state index contributed by atoms with van der Waals surface area (Å²) in [4.78, 5) is 0. The van der Waals surface area contributed by atoms with Gasteiger partial charge >= 0.3 is 0 Å². The highest BCUT2D eigenvalue weighted by Gasteiger charge is 2.38. The molecule has 2 nitrogen and oxygen atoms in total. The molecule has 1 heterocycles. The Balaban J connectivity index is 1.93. The number of rotatable bonds is 0. The lowest BCUT2D eigenvalue weighted by molar-refractivity contribution is -0.0300. The van der Waals surface area contributed by atoms with Crippen LogP contribution in [0.3, 0.4) is 0 Å². The van der Waals surface area contributed by atoms with Gasteiger partial charge < -0.3 is 4.74 Å². The van der Waals surface area contributed by atoms with Crippen LogP contribution < -0.4 is 0 Å². The van der Waals surface area contributed by atoms with Gasteiger partial charge in [-0.3, -0.25) is 0 Å². The van der Waals surface area contributed by atoms with Crippen LogP contribution in [-0.4, -0.2) is 12.2 Å². The van der Waals surface area contributed by atoms with Crippen molar-refractivity contribution in [3.8, 4) is 6.07 Å². The van der Waals surface area contributed by atoms with Crippen molar-refractivity contribution in [2.75, 3.05) is 6.61 Å². The van der Waals surface area contributed by atoms with E-state index in [1.165, 1.54) is 12.8 Å². The molecule has 0 atom stereocenters. The van der Waals surface area contributed by atoms with Crippen LogP contribution in [-0.2, 0) is 4.74 Å². The summed E-state index contributed by atoms with van der Waals surface area (Å²) in [6.45, 7) is 0.942. The van der Waals surface area contributed by atoms with E-state index in [4.69, 9.17) is 10.00 Å². The number of ether oxygens (including phenoxy) is 1.